The summed E-state index contributed by atoms with van der Waals surface area (Å²) in [5.41, 5.74) is 10.0. The molecule has 0 fully saturated rings. The number of fused-ring (bicyclic) bond motifs is 8. The van der Waals surface area contributed by atoms with Crippen molar-refractivity contribution >= 4 is 74.6 Å². The maximum Gasteiger partial charge on any atom is 0.0433 e. The highest BCUT2D eigenvalue weighted by Gasteiger charge is 2.18. The van der Waals surface area contributed by atoms with Crippen LogP contribution in [-0.2, 0) is 0 Å². The molecule has 10 aromatic carbocycles. The first-order valence-electron chi connectivity index (χ1n) is 18.3. The van der Waals surface area contributed by atoms with E-state index in [-0.39, 0.29) is 0 Å². The minimum atomic E-state index is 1.21. The molecule has 0 unspecified atom stereocenters. The minimum absolute atomic E-state index is 1.21. The first-order valence-corrected chi connectivity index (χ1v) is 19.1. The number of rotatable bonds is 4. The van der Waals surface area contributed by atoms with E-state index in [1.165, 1.54) is 108 Å². The third-order valence-electron chi connectivity index (χ3n) is 11.1. The Kier molecular flexibility index (Phi) is 6.83. The summed E-state index contributed by atoms with van der Waals surface area (Å²) in [6.45, 7) is 0. The fraction of sp³-hybridized carbons (Fsp3) is 0. The van der Waals surface area contributed by atoms with E-state index >= 15 is 0 Å². The van der Waals surface area contributed by atoms with E-state index in [0.717, 1.165) is 0 Å². The third-order valence-corrected chi connectivity index (χ3v) is 12.3. The molecule has 0 aliphatic rings. The minimum Gasteiger partial charge on any atom is -0.135 e. The van der Waals surface area contributed by atoms with Crippen molar-refractivity contribution < 1.29 is 0 Å². The molecule has 0 amide bonds. The van der Waals surface area contributed by atoms with Gasteiger partial charge in [-0.3, -0.25) is 0 Å². The number of hydrogen-bond donors (Lipinski definition) is 0. The first-order chi connectivity index (χ1) is 26.3. The van der Waals surface area contributed by atoms with E-state index in [1.54, 1.807) is 0 Å². The van der Waals surface area contributed by atoms with E-state index in [9.17, 15) is 0 Å². The molecule has 1 heterocycles. The molecular weight excluding hydrogens is 657 g/mol. The maximum atomic E-state index is 2.43. The predicted molar refractivity (Wildman–Crippen MR) is 231 cm³/mol. The molecule has 1 aromatic heterocycles. The second-order valence-electron chi connectivity index (χ2n) is 14.0. The molecule has 0 spiro atoms. The summed E-state index contributed by atoms with van der Waals surface area (Å²) < 4.78 is 2.69. The van der Waals surface area contributed by atoms with Crippen LogP contribution in [0.3, 0.4) is 0 Å². The molecule has 0 bridgehead atoms. The molecule has 0 N–H and O–H groups in total. The number of thiophene rings is 1. The van der Waals surface area contributed by atoms with Gasteiger partial charge in [0.1, 0.15) is 0 Å². The van der Waals surface area contributed by atoms with Crippen molar-refractivity contribution in [3.8, 4) is 44.5 Å². The van der Waals surface area contributed by atoms with Gasteiger partial charge in [0.25, 0.3) is 0 Å². The molecule has 246 valence electrons. The van der Waals surface area contributed by atoms with Crippen molar-refractivity contribution in [2.75, 3.05) is 0 Å². The van der Waals surface area contributed by atoms with Gasteiger partial charge < -0.3 is 0 Å². The van der Waals surface area contributed by atoms with Crippen molar-refractivity contribution in [2.24, 2.45) is 0 Å². The van der Waals surface area contributed by atoms with Crippen molar-refractivity contribution in [3.63, 3.8) is 0 Å². The molecule has 0 aliphatic heterocycles. The fourth-order valence-corrected chi connectivity index (χ4v) is 9.88. The van der Waals surface area contributed by atoms with Crippen LogP contribution in [0.4, 0.5) is 0 Å². The van der Waals surface area contributed by atoms with Gasteiger partial charge in [0.15, 0.2) is 0 Å². The summed E-state index contributed by atoms with van der Waals surface area (Å²) in [4.78, 5) is 0. The summed E-state index contributed by atoms with van der Waals surface area (Å²) in [5, 5.41) is 12.9. The highest BCUT2D eigenvalue weighted by Crippen LogP contribution is 2.46. The molecule has 0 aliphatic carbocycles. The summed E-state index contributed by atoms with van der Waals surface area (Å²) in [6, 6.07) is 71.7. The zero-order chi connectivity index (χ0) is 34.9. The maximum absolute atomic E-state index is 2.43. The van der Waals surface area contributed by atoms with Crippen LogP contribution in [0.1, 0.15) is 0 Å². The van der Waals surface area contributed by atoms with Crippen LogP contribution >= 0.6 is 11.3 Å². The van der Waals surface area contributed by atoms with E-state index in [2.05, 4.69) is 194 Å². The van der Waals surface area contributed by atoms with Crippen molar-refractivity contribution in [1.29, 1.82) is 0 Å². The first kappa shape index (κ1) is 30.1. The zero-order valence-corrected chi connectivity index (χ0v) is 29.7. The molecule has 11 rings (SSSR count). The van der Waals surface area contributed by atoms with E-state index in [4.69, 9.17) is 0 Å². The van der Waals surface area contributed by atoms with Gasteiger partial charge in [0, 0.05) is 20.2 Å². The Morgan fingerprint density at radius 1 is 0.264 bits per heavy atom. The van der Waals surface area contributed by atoms with Gasteiger partial charge >= 0.3 is 0 Å². The van der Waals surface area contributed by atoms with Crippen molar-refractivity contribution in [2.45, 2.75) is 0 Å². The standard InChI is InChI=1S/C52H32S/c1-3-15-38-33(12-1)14-11-23-42(38)41-18-6-5-16-39(41)35-24-26-36(27-25-35)50-43-19-7-9-21-45(43)51(46-22-10-8-20-44(46)50)37-29-31-49-48(32-37)47-30-28-34-13-2-4-17-40(34)52(47)53-49/h1-32H. The molecule has 53 heavy (non-hydrogen) atoms. The van der Waals surface area contributed by atoms with Gasteiger partial charge in [-0.15, -0.1) is 11.3 Å². The smallest absolute Gasteiger partial charge is 0.0433 e. The van der Waals surface area contributed by atoms with Crippen molar-refractivity contribution in [1.82, 2.24) is 0 Å². The van der Waals surface area contributed by atoms with Crippen LogP contribution < -0.4 is 0 Å². The highest BCUT2D eigenvalue weighted by molar-refractivity contribution is 7.26. The third kappa shape index (κ3) is 4.75. The SMILES string of the molecule is c1ccc(-c2cccc3ccccc23)c(-c2ccc(-c3c4ccccc4c(-c4ccc5sc6c7ccccc7ccc6c5c4)c4ccccc34)cc2)c1. The quantitative estimate of drug-likeness (QED) is 0.162. The molecule has 11 aromatic rings. The normalized spacial score (nSPS) is 11.8. The monoisotopic (exact) mass is 688 g/mol. The second-order valence-corrected chi connectivity index (χ2v) is 15.0. The van der Waals surface area contributed by atoms with Crippen LogP contribution in [0, 0.1) is 0 Å². The lowest BCUT2D eigenvalue weighted by atomic mass is 9.85. The van der Waals surface area contributed by atoms with Crippen LogP contribution in [0.25, 0.3) is 108 Å². The summed E-state index contributed by atoms with van der Waals surface area (Å²) in [6.07, 6.45) is 0. The Hall–Kier alpha value is -6.54. The Labute approximate surface area is 311 Å². The lowest BCUT2D eigenvalue weighted by Crippen LogP contribution is -1.91. The Morgan fingerprint density at radius 3 is 1.45 bits per heavy atom. The summed E-state index contributed by atoms with van der Waals surface area (Å²) >= 11 is 1.90. The molecule has 0 nitrogen and oxygen atoms in total. The average Bonchev–Trinajstić information content (AvgIpc) is 3.61. The van der Waals surface area contributed by atoms with Crippen LogP contribution in [-0.4, -0.2) is 0 Å². The predicted octanol–water partition coefficient (Wildman–Crippen LogP) is 15.3. The Morgan fingerprint density at radius 2 is 0.755 bits per heavy atom. The van der Waals surface area contributed by atoms with Crippen LogP contribution in [0.5, 0.6) is 0 Å². The fourth-order valence-electron chi connectivity index (χ4n) is 8.66. The largest absolute Gasteiger partial charge is 0.135 e. The highest BCUT2D eigenvalue weighted by atomic mass is 32.1. The average molecular weight is 689 g/mol. The van der Waals surface area contributed by atoms with E-state index in [1.807, 2.05) is 11.3 Å². The number of benzene rings is 10. The van der Waals surface area contributed by atoms with Gasteiger partial charge in [-0.1, -0.05) is 182 Å². The van der Waals surface area contributed by atoms with Crippen LogP contribution in [0.15, 0.2) is 194 Å². The van der Waals surface area contributed by atoms with Gasteiger partial charge in [-0.25, -0.2) is 0 Å². The lowest BCUT2D eigenvalue weighted by molar-refractivity contribution is 1.59. The second kappa shape index (κ2) is 12.0. The lowest BCUT2D eigenvalue weighted by Gasteiger charge is -2.18. The van der Waals surface area contributed by atoms with Gasteiger partial charge in [-0.2, -0.15) is 0 Å². The molecular formula is C52H32S. The molecule has 0 radical (unpaired) electrons. The van der Waals surface area contributed by atoms with E-state index < -0.39 is 0 Å². The Bertz CT molecular complexity index is 3150. The molecule has 0 saturated heterocycles. The number of hydrogen-bond acceptors (Lipinski definition) is 1. The van der Waals surface area contributed by atoms with Crippen molar-refractivity contribution in [3.05, 3.63) is 194 Å². The van der Waals surface area contributed by atoms with E-state index in [0.29, 0.717) is 0 Å². The van der Waals surface area contributed by atoms with Gasteiger partial charge in [0.2, 0.25) is 0 Å². The Balaban J connectivity index is 1.08. The van der Waals surface area contributed by atoms with Gasteiger partial charge in [0.05, 0.1) is 0 Å². The zero-order valence-electron chi connectivity index (χ0n) is 28.9. The summed E-state index contributed by atoms with van der Waals surface area (Å²) in [5.74, 6) is 0. The molecule has 0 saturated carbocycles. The van der Waals surface area contributed by atoms with Crippen LogP contribution in [0.2, 0.25) is 0 Å². The summed E-state index contributed by atoms with van der Waals surface area (Å²) in [7, 11) is 0. The molecule has 0 atom stereocenters. The van der Waals surface area contributed by atoms with Gasteiger partial charge in [-0.05, 0) is 99.7 Å². The molecule has 1 heteroatoms. The topological polar surface area (TPSA) is 0 Å².